The van der Waals surface area contributed by atoms with E-state index in [2.05, 4.69) is 4.98 Å². The lowest BCUT2D eigenvalue weighted by Crippen LogP contribution is -2.16. The minimum absolute atomic E-state index is 0.0429. The highest BCUT2D eigenvalue weighted by atomic mass is 35.5. The second-order valence-electron chi connectivity index (χ2n) is 5.06. The topological polar surface area (TPSA) is 64.4 Å². The second kappa shape index (κ2) is 7.21. The number of para-hydroxylation sites is 2. The molecule has 1 aromatic heterocycles. The first-order valence-electron chi connectivity index (χ1n) is 7.28. The molecule has 0 aliphatic rings. The third kappa shape index (κ3) is 3.24. The Morgan fingerprint density at radius 1 is 1.17 bits per heavy atom. The van der Waals surface area contributed by atoms with E-state index < -0.39 is 5.97 Å². The number of carbonyl (C=O) groups is 1. The average Bonchev–Trinajstić information content (AvgIpc) is 2.94. The van der Waals surface area contributed by atoms with Crippen LogP contribution in [0, 0.1) is 0 Å². The molecule has 0 saturated carbocycles. The highest BCUT2D eigenvalue weighted by molar-refractivity contribution is 6.43. The quantitative estimate of drug-likeness (QED) is 0.703. The molecule has 2 aromatic carbocycles. The zero-order chi connectivity index (χ0) is 17.1. The van der Waals surface area contributed by atoms with Gasteiger partial charge in [0.15, 0.2) is 0 Å². The second-order valence-corrected chi connectivity index (χ2v) is 5.84. The molecule has 0 fully saturated rings. The Balaban J connectivity index is 2.11. The van der Waals surface area contributed by atoms with Crippen LogP contribution in [-0.2, 0) is 16.1 Å². The molecule has 0 unspecified atom stereocenters. The van der Waals surface area contributed by atoms with E-state index >= 15 is 0 Å². The summed E-state index contributed by atoms with van der Waals surface area (Å²) in [4.78, 5) is 16.6. The number of halogens is 2. The number of ether oxygens (including phenoxy) is 1. The molecule has 0 atom stereocenters. The summed E-state index contributed by atoms with van der Waals surface area (Å²) in [5.41, 5.74) is 2.15. The Kier molecular flexibility index (Phi) is 5.04. The van der Waals surface area contributed by atoms with E-state index in [9.17, 15) is 4.79 Å². The summed E-state index contributed by atoms with van der Waals surface area (Å²) < 4.78 is 6.69. The number of hydrogen-bond donors (Lipinski definition) is 1. The van der Waals surface area contributed by atoms with Crippen molar-refractivity contribution in [2.24, 2.45) is 0 Å². The van der Waals surface area contributed by atoms with Crippen molar-refractivity contribution in [1.82, 2.24) is 9.55 Å². The molecule has 7 heteroatoms. The van der Waals surface area contributed by atoms with Crippen molar-refractivity contribution in [3.63, 3.8) is 0 Å². The number of imidazole rings is 1. The van der Waals surface area contributed by atoms with Crippen LogP contribution in [0.4, 0.5) is 0 Å². The summed E-state index contributed by atoms with van der Waals surface area (Å²) in [7, 11) is 0. The first kappa shape index (κ1) is 16.8. The van der Waals surface area contributed by atoms with Gasteiger partial charge < -0.3 is 14.4 Å². The van der Waals surface area contributed by atoms with Crippen molar-refractivity contribution in [2.45, 2.75) is 6.54 Å². The molecule has 1 N–H and O–H groups in total. The van der Waals surface area contributed by atoms with Gasteiger partial charge in [-0.25, -0.2) is 4.98 Å². The van der Waals surface area contributed by atoms with E-state index in [0.717, 1.165) is 11.0 Å². The fourth-order valence-electron chi connectivity index (χ4n) is 2.45. The van der Waals surface area contributed by atoms with Gasteiger partial charge in [0.1, 0.15) is 19.0 Å². The Hall–Kier alpha value is -2.08. The van der Waals surface area contributed by atoms with Crippen LogP contribution < -0.4 is 0 Å². The van der Waals surface area contributed by atoms with Gasteiger partial charge in [0.05, 0.1) is 27.7 Å². The molecule has 0 radical (unpaired) electrons. The van der Waals surface area contributed by atoms with Crippen molar-refractivity contribution in [1.29, 1.82) is 0 Å². The molecule has 0 amide bonds. The number of esters is 1. The third-order valence-corrected chi connectivity index (χ3v) is 4.31. The molecule has 3 rings (SSSR count). The van der Waals surface area contributed by atoms with Gasteiger partial charge in [0.25, 0.3) is 0 Å². The number of aliphatic hydroxyl groups excluding tert-OH is 1. The van der Waals surface area contributed by atoms with E-state index in [1.54, 1.807) is 22.8 Å². The van der Waals surface area contributed by atoms with Crippen LogP contribution in [0.2, 0.25) is 10.0 Å². The van der Waals surface area contributed by atoms with Gasteiger partial charge in [-0.2, -0.15) is 0 Å². The lowest BCUT2D eigenvalue weighted by molar-refractivity contribution is -0.145. The number of benzene rings is 2. The van der Waals surface area contributed by atoms with E-state index in [0.29, 0.717) is 21.4 Å². The molecule has 5 nitrogen and oxygen atoms in total. The standard InChI is InChI=1S/C17H14Cl2N2O3/c18-12-5-3-4-11(16(12)19)17-20-13-6-1-2-7-14(13)21(17)10-15(23)24-9-8-22/h1-7,22H,8-10H2. The first-order chi connectivity index (χ1) is 11.6. The first-order valence-corrected chi connectivity index (χ1v) is 8.03. The highest BCUT2D eigenvalue weighted by Crippen LogP contribution is 2.34. The largest absolute Gasteiger partial charge is 0.462 e. The van der Waals surface area contributed by atoms with Crippen molar-refractivity contribution in [2.75, 3.05) is 13.2 Å². The number of nitrogens with zero attached hydrogens (tertiary/aromatic N) is 2. The van der Waals surface area contributed by atoms with Gasteiger partial charge in [0, 0.05) is 5.56 Å². The lowest BCUT2D eigenvalue weighted by Gasteiger charge is -2.10. The molecule has 3 aromatic rings. The van der Waals surface area contributed by atoms with E-state index in [1.807, 2.05) is 24.3 Å². The molecule has 0 aliphatic heterocycles. The predicted molar refractivity (Wildman–Crippen MR) is 93.2 cm³/mol. The Morgan fingerprint density at radius 2 is 1.96 bits per heavy atom. The Bertz CT molecular complexity index is 893. The maximum Gasteiger partial charge on any atom is 0.326 e. The third-order valence-electron chi connectivity index (χ3n) is 3.49. The van der Waals surface area contributed by atoms with Gasteiger partial charge in [-0.05, 0) is 24.3 Å². The molecule has 0 spiro atoms. The maximum atomic E-state index is 12.0. The van der Waals surface area contributed by atoms with Gasteiger partial charge in [0.2, 0.25) is 0 Å². The molecule has 0 saturated heterocycles. The maximum absolute atomic E-state index is 12.0. The highest BCUT2D eigenvalue weighted by Gasteiger charge is 2.18. The molecular weight excluding hydrogens is 351 g/mol. The predicted octanol–water partition coefficient (Wildman–Crippen LogP) is 3.55. The van der Waals surface area contributed by atoms with Crippen LogP contribution in [0.25, 0.3) is 22.4 Å². The number of aliphatic hydroxyl groups is 1. The van der Waals surface area contributed by atoms with E-state index in [4.69, 9.17) is 33.0 Å². The molecule has 0 aliphatic carbocycles. The van der Waals surface area contributed by atoms with Crippen LogP contribution >= 0.6 is 23.2 Å². The van der Waals surface area contributed by atoms with Crippen LogP contribution in [0.1, 0.15) is 0 Å². The minimum Gasteiger partial charge on any atom is -0.462 e. The SMILES string of the molecule is O=C(Cn1c(-c2cccc(Cl)c2Cl)nc2ccccc21)OCCO. The normalized spacial score (nSPS) is 11.0. The van der Waals surface area contributed by atoms with Gasteiger partial charge in [-0.3, -0.25) is 4.79 Å². The number of carbonyl (C=O) groups excluding carboxylic acids is 1. The fourth-order valence-corrected chi connectivity index (χ4v) is 2.84. The molecule has 0 bridgehead atoms. The van der Waals surface area contributed by atoms with Crippen LogP contribution in [0.15, 0.2) is 42.5 Å². The average molecular weight is 365 g/mol. The van der Waals surface area contributed by atoms with Crippen molar-refractivity contribution >= 4 is 40.2 Å². The molecule has 1 heterocycles. The number of hydrogen-bond acceptors (Lipinski definition) is 4. The van der Waals surface area contributed by atoms with Crippen molar-refractivity contribution in [3.05, 3.63) is 52.5 Å². The molecule has 24 heavy (non-hydrogen) atoms. The summed E-state index contributed by atoms with van der Waals surface area (Å²) >= 11 is 12.4. The van der Waals surface area contributed by atoms with Crippen LogP contribution in [0.3, 0.4) is 0 Å². The van der Waals surface area contributed by atoms with Gasteiger partial charge in [-0.1, -0.05) is 41.4 Å². The van der Waals surface area contributed by atoms with Crippen molar-refractivity contribution in [3.8, 4) is 11.4 Å². The molecular formula is C17H14Cl2N2O3. The van der Waals surface area contributed by atoms with Crippen LogP contribution in [0.5, 0.6) is 0 Å². The summed E-state index contributed by atoms with van der Waals surface area (Å²) in [6.45, 7) is -0.305. The monoisotopic (exact) mass is 364 g/mol. The van der Waals surface area contributed by atoms with E-state index in [1.165, 1.54) is 0 Å². The number of rotatable bonds is 5. The van der Waals surface area contributed by atoms with Gasteiger partial charge in [-0.15, -0.1) is 0 Å². The zero-order valence-corrected chi connectivity index (χ0v) is 14.1. The number of aromatic nitrogens is 2. The Labute approximate surface area is 148 Å². The number of fused-ring (bicyclic) bond motifs is 1. The summed E-state index contributed by atoms with van der Waals surface area (Å²) in [5, 5.41) is 9.57. The summed E-state index contributed by atoms with van der Waals surface area (Å²) in [6.07, 6.45) is 0. The summed E-state index contributed by atoms with van der Waals surface area (Å²) in [6, 6.07) is 12.7. The van der Waals surface area contributed by atoms with E-state index in [-0.39, 0.29) is 19.8 Å². The molecule has 124 valence electrons. The minimum atomic E-state index is -0.466. The van der Waals surface area contributed by atoms with Crippen molar-refractivity contribution < 1.29 is 14.6 Å². The van der Waals surface area contributed by atoms with Gasteiger partial charge >= 0.3 is 5.97 Å². The fraction of sp³-hybridized carbons (Fsp3) is 0.176. The lowest BCUT2D eigenvalue weighted by atomic mass is 10.2. The zero-order valence-electron chi connectivity index (χ0n) is 12.6. The van der Waals surface area contributed by atoms with Crippen LogP contribution in [-0.4, -0.2) is 33.8 Å². The summed E-state index contributed by atoms with van der Waals surface area (Å²) in [5.74, 6) is 0.0660. The Morgan fingerprint density at radius 3 is 2.75 bits per heavy atom. The smallest absolute Gasteiger partial charge is 0.326 e.